The lowest BCUT2D eigenvalue weighted by Gasteiger charge is -2.26. The first-order valence-corrected chi connectivity index (χ1v) is 13.0. The number of furan rings is 1. The summed E-state index contributed by atoms with van der Waals surface area (Å²) in [5.74, 6) is 1.35. The average molecular weight is 551 g/mol. The molecule has 9 heteroatoms. The van der Waals surface area contributed by atoms with Crippen molar-refractivity contribution in [1.29, 1.82) is 0 Å². The molecule has 188 valence electrons. The topological polar surface area (TPSA) is 70.4 Å². The van der Waals surface area contributed by atoms with Crippen LogP contribution in [0.4, 0.5) is 11.4 Å². The minimum absolute atomic E-state index is 0.0345. The standard InChI is InChI=1S/C28H24Cl2N4O2S/c1-3-25(35)32-21-10-8-18(14-16(21)2)34-27(26(33-28(34)37)22-6-4-5-13-31-22)24-12-11-23(36-24)17-7-9-19(29)20(30)15-17/h4-15,26-27H,3H2,1-2H3,(H,32,35)(H,33,37)/t26-,27+/m0/s1. The highest BCUT2D eigenvalue weighted by Gasteiger charge is 2.42. The van der Waals surface area contributed by atoms with Gasteiger partial charge in [0.05, 0.1) is 21.8 Å². The number of pyridine rings is 1. The molecular formula is C28H24Cl2N4O2S. The molecule has 0 radical (unpaired) electrons. The van der Waals surface area contributed by atoms with Gasteiger partial charge in [0.2, 0.25) is 5.91 Å². The van der Waals surface area contributed by atoms with Crippen molar-refractivity contribution >= 4 is 57.8 Å². The molecule has 1 amide bonds. The second-order valence-corrected chi connectivity index (χ2v) is 9.93. The van der Waals surface area contributed by atoms with E-state index in [1.165, 1.54) is 0 Å². The predicted molar refractivity (Wildman–Crippen MR) is 152 cm³/mol. The van der Waals surface area contributed by atoms with Gasteiger partial charge in [-0.05, 0) is 85.4 Å². The number of hydrogen-bond donors (Lipinski definition) is 2. The number of aromatic nitrogens is 1. The van der Waals surface area contributed by atoms with E-state index in [-0.39, 0.29) is 18.0 Å². The second kappa shape index (κ2) is 10.5. The first-order valence-electron chi connectivity index (χ1n) is 11.8. The van der Waals surface area contributed by atoms with Crippen LogP contribution in [0, 0.1) is 6.92 Å². The van der Waals surface area contributed by atoms with Gasteiger partial charge < -0.3 is 20.0 Å². The fourth-order valence-corrected chi connectivity index (χ4v) is 5.06. The van der Waals surface area contributed by atoms with Crippen molar-refractivity contribution in [3.63, 3.8) is 0 Å². The quantitative estimate of drug-likeness (QED) is 0.242. The SMILES string of the molecule is CCC(=O)Nc1ccc(N2C(=S)N[C@@H](c3ccccn3)[C@H]2c2ccc(-c3ccc(Cl)c(Cl)c3)o2)cc1C. The van der Waals surface area contributed by atoms with Crippen molar-refractivity contribution < 1.29 is 9.21 Å². The zero-order valence-electron chi connectivity index (χ0n) is 20.2. The van der Waals surface area contributed by atoms with Crippen LogP contribution in [0.1, 0.15) is 42.4 Å². The summed E-state index contributed by atoms with van der Waals surface area (Å²) < 4.78 is 6.39. The summed E-state index contributed by atoms with van der Waals surface area (Å²) in [6, 6.07) is 20.4. The molecule has 1 fully saturated rings. The largest absolute Gasteiger partial charge is 0.459 e. The van der Waals surface area contributed by atoms with E-state index < -0.39 is 0 Å². The maximum atomic E-state index is 11.9. The first-order chi connectivity index (χ1) is 17.9. The van der Waals surface area contributed by atoms with Gasteiger partial charge in [0, 0.05) is 29.6 Å². The monoisotopic (exact) mass is 550 g/mol. The number of benzene rings is 2. The molecular weight excluding hydrogens is 527 g/mol. The van der Waals surface area contributed by atoms with Crippen molar-refractivity contribution in [2.24, 2.45) is 0 Å². The Morgan fingerprint density at radius 2 is 1.95 bits per heavy atom. The third-order valence-electron chi connectivity index (χ3n) is 6.30. The van der Waals surface area contributed by atoms with Gasteiger partial charge in [-0.1, -0.05) is 36.2 Å². The van der Waals surface area contributed by atoms with Gasteiger partial charge in [0.1, 0.15) is 17.6 Å². The van der Waals surface area contributed by atoms with Crippen LogP contribution in [-0.4, -0.2) is 16.0 Å². The molecule has 2 aromatic heterocycles. The van der Waals surface area contributed by atoms with Gasteiger partial charge in [-0.25, -0.2) is 0 Å². The van der Waals surface area contributed by atoms with Crippen LogP contribution in [0.15, 0.2) is 77.3 Å². The van der Waals surface area contributed by atoms with Crippen molar-refractivity contribution in [2.45, 2.75) is 32.4 Å². The molecule has 0 bridgehead atoms. The lowest BCUT2D eigenvalue weighted by molar-refractivity contribution is -0.115. The zero-order chi connectivity index (χ0) is 26.1. The second-order valence-electron chi connectivity index (χ2n) is 8.73. The summed E-state index contributed by atoms with van der Waals surface area (Å²) in [5, 5.41) is 7.87. The number of carbonyl (C=O) groups excluding carboxylic acids is 1. The molecule has 37 heavy (non-hydrogen) atoms. The van der Waals surface area contributed by atoms with Gasteiger partial charge in [-0.3, -0.25) is 9.78 Å². The Morgan fingerprint density at radius 1 is 1.11 bits per heavy atom. The van der Waals surface area contributed by atoms with Gasteiger partial charge in [0.15, 0.2) is 5.11 Å². The Labute approximate surface area is 230 Å². The Bertz CT molecular complexity index is 1470. The van der Waals surface area contributed by atoms with E-state index in [0.717, 1.165) is 28.2 Å². The number of hydrogen-bond acceptors (Lipinski definition) is 4. The summed E-state index contributed by atoms with van der Waals surface area (Å²) in [5.41, 5.74) is 4.24. The highest BCUT2D eigenvalue weighted by atomic mass is 35.5. The van der Waals surface area contributed by atoms with Crippen molar-refractivity contribution in [3.05, 3.63) is 100.0 Å². The lowest BCUT2D eigenvalue weighted by atomic mass is 10.0. The number of anilines is 2. The van der Waals surface area contributed by atoms with Gasteiger partial charge in [-0.15, -0.1) is 0 Å². The Morgan fingerprint density at radius 3 is 2.65 bits per heavy atom. The zero-order valence-corrected chi connectivity index (χ0v) is 22.5. The van der Waals surface area contributed by atoms with Crippen LogP contribution >= 0.6 is 35.4 Å². The third-order valence-corrected chi connectivity index (χ3v) is 7.36. The number of nitrogens with one attached hydrogen (secondary N) is 2. The summed E-state index contributed by atoms with van der Waals surface area (Å²) in [6.07, 6.45) is 2.17. The Balaban J connectivity index is 1.56. The molecule has 0 spiro atoms. The van der Waals surface area contributed by atoms with E-state index in [1.54, 1.807) is 18.3 Å². The number of amides is 1. The fourth-order valence-electron chi connectivity index (χ4n) is 4.41. The highest BCUT2D eigenvalue weighted by Crippen LogP contribution is 2.43. The molecule has 4 aromatic rings. The third kappa shape index (κ3) is 5.07. The highest BCUT2D eigenvalue weighted by molar-refractivity contribution is 7.80. The summed E-state index contributed by atoms with van der Waals surface area (Å²) in [4.78, 5) is 18.6. The van der Waals surface area contributed by atoms with Crippen molar-refractivity contribution in [1.82, 2.24) is 10.3 Å². The van der Waals surface area contributed by atoms with E-state index >= 15 is 0 Å². The van der Waals surface area contributed by atoms with E-state index in [9.17, 15) is 4.79 Å². The van der Waals surface area contributed by atoms with Gasteiger partial charge >= 0.3 is 0 Å². The van der Waals surface area contributed by atoms with Gasteiger partial charge in [-0.2, -0.15) is 0 Å². The number of halogens is 2. The smallest absolute Gasteiger partial charge is 0.224 e. The summed E-state index contributed by atoms with van der Waals surface area (Å²) in [7, 11) is 0. The molecule has 5 rings (SSSR count). The molecule has 2 aromatic carbocycles. The van der Waals surface area contributed by atoms with Crippen LogP contribution in [-0.2, 0) is 4.79 Å². The number of aryl methyl sites for hydroxylation is 1. The first kappa shape index (κ1) is 25.3. The Hall–Kier alpha value is -3.39. The molecule has 0 aliphatic carbocycles. The van der Waals surface area contributed by atoms with Crippen LogP contribution in [0.25, 0.3) is 11.3 Å². The molecule has 6 nitrogen and oxygen atoms in total. The lowest BCUT2D eigenvalue weighted by Crippen LogP contribution is -2.29. The minimum Gasteiger partial charge on any atom is -0.459 e. The average Bonchev–Trinajstić information content (AvgIpc) is 3.52. The number of thiocarbonyl (C=S) groups is 1. The molecule has 0 unspecified atom stereocenters. The molecule has 1 saturated heterocycles. The minimum atomic E-state index is -0.311. The fraction of sp³-hybridized carbons (Fsp3) is 0.179. The number of nitrogens with zero attached hydrogens (tertiary/aromatic N) is 2. The molecule has 2 atom stereocenters. The maximum Gasteiger partial charge on any atom is 0.224 e. The van der Waals surface area contributed by atoms with Crippen LogP contribution < -0.4 is 15.5 Å². The van der Waals surface area contributed by atoms with Gasteiger partial charge in [0.25, 0.3) is 0 Å². The van der Waals surface area contributed by atoms with Crippen LogP contribution in [0.2, 0.25) is 10.0 Å². The number of carbonyl (C=O) groups is 1. The van der Waals surface area contributed by atoms with E-state index in [2.05, 4.69) is 15.6 Å². The summed E-state index contributed by atoms with van der Waals surface area (Å²) >= 11 is 18.2. The summed E-state index contributed by atoms with van der Waals surface area (Å²) in [6.45, 7) is 3.78. The molecule has 1 aliphatic heterocycles. The molecule has 3 heterocycles. The predicted octanol–water partition coefficient (Wildman–Crippen LogP) is 7.48. The van der Waals surface area contributed by atoms with Crippen molar-refractivity contribution in [2.75, 3.05) is 10.2 Å². The molecule has 1 aliphatic rings. The molecule has 0 saturated carbocycles. The van der Waals surface area contributed by atoms with Crippen LogP contribution in [0.3, 0.4) is 0 Å². The normalized spacial score (nSPS) is 17.1. The van der Waals surface area contributed by atoms with E-state index in [1.807, 2.05) is 73.3 Å². The van der Waals surface area contributed by atoms with Crippen LogP contribution in [0.5, 0.6) is 0 Å². The molecule has 2 N–H and O–H groups in total. The van der Waals surface area contributed by atoms with E-state index in [4.69, 9.17) is 39.8 Å². The number of rotatable bonds is 6. The Kier molecular flexibility index (Phi) is 7.20. The van der Waals surface area contributed by atoms with E-state index in [0.29, 0.717) is 33.1 Å². The maximum absolute atomic E-state index is 11.9. The van der Waals surface area contributed by atoms with Crippen molar-refractivity contribution in [3.8, 4) is 11.3 Å².